The Hall–Kier alpha value is -2.86. The highest BCUT2D eigenvalue weighted by Crippen LogP contribution is 2.33. The molecule has 6 heteroatoms. The van der Waals surface area contributed by atoms with Gasteiger partial charge in [-0.15, -0.1) is 0 Å². The molecule has 5 nitrogen and oxygen atoms in total. The molecule has 3 heterocycles. The molecule has 29 heavy (non-hydrogen) atoms. The van der Waals surface area contributed by atoms with Gasteiger partial charge in [-0.05, 0) is 23.8 Å². The minimum absolute atomic E-state index is 0.0161. The summed E-state index contributed by atoms with van der Waals surface area (Å²) in [5.74, 6) is 1.49. The molecular weight excluding hydrogens is 382 g/mol. The number of nitrogens with zero attached hydrogens (tertiary/aromatic N) is 3. The van der Waals surface area contributed by atoms with Gasteiger partial charge in [-0.1, -0.05) is 36.4 Å². The molecular formula is C23H21N3O2S. The fraction of sp³-hybridized carbons (Fsp3) is 0.261. The minimum atomic E-state index is 0.0161. The number of amides is 2. The SMILES string of the molecule is O=C1c2c(cccc2N2CCSCC2=O)CN1CCc1ccc2ccccc2n1. The summed E-state index contributed by atoms with van der Waals surface area (Å²) in [4.78, 5) is 33.9. The first-order valence-electron chi connectivity index (χ1n) is 9.85. The van der Waals surface area contributed by atoms with Gasteiger partial charge >= 0.3 is 0 Å². The molecule has 3 aromatic rings. The van der Waals surface area contributed by atoms with Gasteiger partial charge < -0.3 is 9.80 Å². The van der Waals surface area contributed by atoms with Crippen molar-refractivity contribution in [2.24, 2.45) is 0 Å². The molecule has 0 bridgehead atoms. The smallest absolute Gasteiger partial charge is 0.256 e. The monoisotopic (exact) mass is 403 g/mol. The fourth-order valence-corrected chi connectivity index (χ4v) is 4.86. The van der Waals surface area contributed by atoms with E-state index in [4.69, 9.17) is 4.98 Å². The van der Waals surface area contributed by atoms with E-state index in [1.807, 2.05) is 47.4 Å². The molecule has 0 radical (unpaired) electrons. The van der Waals surface area contributed by atoms with E-state index in [9.17, 15) is 9.59 Å². The summed E-state index contributed by atoms with van der Waals surface area (Å²) in [6.07, 6.45) is 0.708. The Labute approximate surface area is 173 Å². The van der Waals surface area contributed by atoms with Crippen molar-refractivity contribution in [2.75, 3.05) is 29.5 Å². The van der Waals surface area contributed by atoms with Gasteiger partial charge in [-0.3, -0.25) is 14.6 Å². The summed E-state index contributed by atoms with van der Waals surface area (Å²) >= 11 is 1.65. The molecule has 0 atom stereocenters. The highest BCUT2D eigenvalue weighted by molar-refractivity contribution is 8.00. The second kappa shape index (κ2) is 7.52. The molecule has 1 fully saturated rings. The van der Waals surface area contributed by atoms with Crippen molar-refractivity contribution in [2.45, 2.75) is 13.0 Å². The van der Waals surface area contributed by atoms with Gasteiger partial charge in [-0.2, -0.15) is 11.8 Å². The Kier molecular flexibility index (Phi) is 4.72. The zero-order chi connectivity index (χ0) is 19.8. The van der Waals surface area contributed by atoms with Gasteiger partial charge in [0.2, 0.25) is 5.91 Å². The molecule has 146 valence electrons. The first-order chi connectivity index (χ1) is 14.2. The largest absolute Gasteiger partial charge is 0.334 e. The highest BCUT2D eigenvalue weighted by Gasteiger charge is 2.33. The molecule has 0 N–H and O–H groups in total. The molecule has 5 rings (SSSR count). The van der Waals surface area contributed by atoms with Crippen LogP contribution in [0.4, 0.5) is 5.69 Å². The van der Waals surface area contributed by atoms with Crippen molar-refractivity contribution in [1.29, 1.82) is 0 Å². The van der Waals surface area contributed by atoms with E-state index in [1.165, 1.54) is 0 Å². The lowest BCUT2D eigenvalue weighted by Crippen LogP contribution is -2.39. The van der Waals surface area contributed by atoms with E-state index >= 15 is 0 Å². The molecule has 1 saturated heterocycles. The van der Waals surface area contributed by atoms with Gasteiger partial charge in [0, 0.05) is 42.9 Å². The third-order valence-electron chi connectivity index (χ3n) is 5.56. The number of aromatic nitrogens is 1. The van der Waals surface area contributed by atoms with Gasteiger partial charge in [0.15, 0.2) is 0 Å². The third-order valence-corrected chi connectivity index (χ3v) is 6.48. The van der Waals surface area contributed by atoms with Gasteiger partial charge in [0.1, 0.15) is 0 Å². The zero-order valence-corrected chi connectivity index (χ0v) is 16.8. The van der Waals surface area contributed by atoms with E-state index in [0.29, 0.717) is 37.4 Å². The second-order valence-electron chi connectivity index (χ2n) is 7.38. The number of hydrogen-bond acceptors (Lipinski definition) is 4. The number of anilines is 1. The predicted octanol–water partition coefficient (Wildman–Crippen LogP) is 3.51. The maximum atomic E-state index is 13.2. The van der Waals surface area contributed by atoms with Crippen molar-refractivity contribution < 1.29 is 9.59 Å². The quantitative estimate of drug-likeness (QED) is 0.669. The molecule has 2 aromatic carbocycles. The van der Waals surface area contributed by atoms with E-state index in [-0.39, 0.29) is 11.8 Å². The van der Waals surface area contributed by atoms with Crippen LogP contribution in [0, 0.1) is 0 Å². The lowest BCUT2D eigenvalue weighted by molar-refractivity contribution is -0.116. The summed E-state index contributed by atoms with van der Waals surface area (Å²) in [7, 11) is 0. The minimum Gasteiger partial charge on any atom is -0.334 e. The maximum Gasteiger partial charge on any atom is 0.256 e. The highest BCUT2D eigenvalue weighted by atomic mass is 32.2. The average molecular weight is 404 g/mol. The Balaban J connectivity index is 1.35. The number of para-hydroxylation sites is 1. The van der Waals surface area contributed by atoms with E-state index in [2.05, 4.69) is 12.1 Å². The Bertz CT molecular complexity index is 1110. The zero-order valence-electron chi connectivity index (χ0n) is 16.0. The number of pyridine rings is 1. The fourth-order valence-electron chi connectivity index (χ4n) is 4.08. The maximum absolute atomic E-state index is 13.2. The van der Waals surface area contributed by atoms with Crippen LogP contribution in [0.5, 0.6) is 0 Å². The lowest BCUT2D eigenvalue weighted by Gasteiger charge is -2.28. The van der Waals surface area contributed by atoms with Gasteiger partial charge in [0.25, 0.3) is 5.91 Å². The number of fused-ring (bicyclic) bond motifs is 2. The second-order valence-corrected chi connectivity index (χ2v) is 8.49. The van der Waals surface area contributed by atoms with Crippen LogP contribution in [0.1, 0.15) is 21.6 Å². The first-order valence-corrected chi connectivity index (χ1v) is 11.0. The normalized spacial score (nSPS) is 16.6. The first kappa shape index (κ1) is 18.2. The van der Waals surface area contributed by atoms with Crippen LogP contribution in [-0.4, -0.2) is 46.3 Å². The average Bonchev–Trinajstić information content (AvgIpc) is 3.08. The van der Waals surface area contributed by atoms with Crippen LogP contribution in [-0.2, 0) is 17.8 Å². The number of benzene rings is 2. The van der Waals surface area contributed by atoms with Crippen LogP contribution < -0.4 is 4.90 Å². The van der Waals surface area contributed by atoms with Gasteiger partial charge in [0.05, 0.1) is 22.5 Å². The number of thioether (sulfide) groups is 1. The Morgan fingerprint density at radius 1 is 1.00 bits per heavy atom. The van der Waals surface area contributed by atoms with E-state index in [1.54, 1.807) is 16.7 Å². The molecule has 2 aliphatic heterocycles. The van der Waals surface area contributed by atoms with Crippen LogP contribution in [0.2, 0.25) is 0 Å². The van der Waals surface area contributed by atoms with Crippen LogP contribution in [0.3, 0.4) is 0 Å². The summed E-state index contributed by atoms with van der Waals surface area (Å²) < 4.78 is 0. The summed E-state index contributed by atoms with van der Waals surface area (Å²) in [5, 5.41) is 1.12. The summed E-state index contributed by atoms with van der Waals surface area (Å²) in [6.45, 7) is 1.86. The number of carbonyl (C=O) groups excluding carboxylic acids is 2. The van der Waals surface area contributed by atoms with Crippen LogP contribution in [0.15, 0.2) is 54.6 Å². The number of carbonyl (C=O) groups is 2. The topological polar surface area (TPSA) is 53.5 Å². The van der Waals surface area contributed by atoms with Crippen molar-refractivity contribution in [3.63, 3.8) is 0 Å². The Morgan fingerprint density at radius 3 is 2.79 bits per heavy atom. The van der Waals surface area contributed by atoms with E-state index < -0.39 is 0 Å². The number of hydrogen-bond donors (Lipinski definition) is 0. The summed E-state index contributed by atoms with van der Waals surface area (Å²) in [5.41, 5.74) is 4.43. The summed E-state index contributed by atoms with van der Waals surface area (Å²) in [6, 6.07) is 18.0. The molecule has 0 saturated carbocycles. The molecule has 0 aliphatic carbocycles. The van der Waals surface area contributed by atoms with E-state index in [0.717, 1.165) is 33.6 Å². The molecule has 1 aromatic heterocycles. The van der Waals surface area contributed by atoms with Crippen molar-refractivity contribution in [3.8, 4) is 0 Å². The third kappa shape index (κ3) is 3.38. The molecule has 2 amide bonds. The predicted molar refractivity (Wildman–Crippen MR) is 116 cm³/mol. The lowest BCUT2D eigenvalue weighted by atomic mass is 10.1. The molecule has 2 aliphatic rings. The molecule has 0 unspecified atom stereocenters. The van der Waals surface area contributed by atoms with Crippen molar-refractivity contribution in [1.82, 2.24) is 9.88 Å². The number of rotatable bonds is 4. The standard InChI is InChI=1S/C23H21N3O2S/c27-21-15-29-13-12-26(21)20-7-3-5-17-14-25(23(28)22(17)20)11-10-18-9-8-16-4-1-2-6-19(16)24-18/h1-9H,10-15H2. The van der Waals surface area contributed by atoms with Crippen LogP contribution in [0.25, 0.3) is 10.9 Å². The van der Waals surface area contributed by atoms with Crippen LogP contribution >= 0.6 is 11.8 Å². The Morgan fingerprint density at radius 2 is 1.90 bits per heavy atom. The van der Waals surface area contributed by atoms with Crippen molar-refractivity contribution in [3.05, 3.63) is 71.4 Å². The molecule has 0 spiro atoms. The van der Waals surface area contributed by atoms with Gasteiger partial charge in [-0.25, -0.2) is 0 Å². The van der Waals surface area contributed by atoms with Crippen molar-refractivity contribution >= 4 is 40.2 Å².